The van der Waals surface area contributed by atoms with E-state index >= 15 is 0 Å². The van der Waals surface area contributed by atoms with Crippen molar-refractivity contribution in [1.82, 2.24) is 10.6 Å². The van der Waals surface area contributed by atoms with Crippen molar-refractivity contribution in [3.05, 3.63) is 46.1 Å². The Labute approximate surface area is 183 Å². The molecule has 0 aromatic heterocycles. The van der Waals surface area contributed by atoms with Crippen molar-refractivity contribution in [2.24, 2.45) is 5.92 Å². The monoisotopic (exact) mass is 430 g/mol. The second-order valence-corrected chi connectivity index (χ2v) is 9.93. The Balaban J connectivity index is 2.12. The van der Waals surface area contributed by atoms with Crippen molar-refractivity contribution in [3.63, 3.8) is 0 Å². The van der Waals surface area contributed by atoms with Crippen LogP contribution in [-0.2, 0) is 9.53 Å². The van der Waals surface area contributed by atoms with Crippen LogP contribution in [0.5, 0.6) is 0 Å². The van der Waals surface area contributed by atoms with Crippen molar-refractivity contribution in [3.8, 4) is 11.1 Å². The molecule has 2 atom stereocenters. The lowest BCUT2D eigenvalue weighted by Crippen LogP contribution is -2.56. The van der Waals surface area contributed by atoms with Crippen LogP contribution in [0.3, 0.4) is 0 Å². The van der Waals surface area contributed by atoms with Crippen molar-refractivity contribution in [2.75, 3.05) is 0 Å². The molecule has 31 heavy (non-hydrogen) atoms. The van der Waals surface area contributed by atoms with Crippen LogP contribution in [0.25, 0.3) is 11.1 Å². The highest BCUT2D eigenvalue weighted by molar-refractivity contribution is 5.86. The Hall–Kier alpha value is -2.67. The molecule has 0 aliphatic rings. The maximum absolute atomic E-state index is 13.0. The molecule has 0 saturated carbocycles. The number of aliphatic hydroxyl groups excluding tert-OH is 1. The molecular formula is C24H34N2O5. The van der Waals surface area contributed by atoms with Crippen LogP contribution >= 0.6 is 0 Å². The third-order valence-electron chi connectivity index (χ3n) is 4.86. The average Bonchev–Trinajstić information content (AvgIpc) is 3.29. The van der Waals surface area contributed by atoms with Crippen LogP contribution in [0.1, 0.15) is 66.6 Å². The van der Waals surface area contributed by atoms with Crippen molar-refractivity contribution in [1.29, 1.82) is 0 Å². The number of ether oxygens (including phenoxy) is 1. The zero-order valence-electron chi connectivity index (χ0n) is 19.4. The molecular weight excluding hydrogens is 396 g/mol. The minimum Gasteiger partial charge on any atom is -0.444 e. The summed E-state index contributed by atoms with van der Waals surface area (Å²) in [6.45, 7) is 12.4. The van der Waals surface area contributed by atoms with Gasteiger partial charge in [0.1, 0.15) is 17.7 Å². The molecule has 0 bridgehead atoms. The van der Waals surface area contributed by atoms with E-state index in [2.05, 4.69) is 10.6 Å². The number of aliphatic hydroxyl groups is 1. The van der Waals surface area contributed by atoms with E-state index in [0.717, 1.165) is 5.56 Å². The molecule has 7 heteroatoms. The number of hydrogen-bond acceptors (Lipinski definition) is 5. The molecule has 7 nitrogen and oxygen atoms in total. The fourth-order valence-electron chi connectivity index (χ4n) is 3.32. The quantitative estimate of drug-likeness (QED) is 0.595. The molecule has 3 N–H and O–H groups in total. The third kappa shape index (κ3) is 6.66. The lowest BCUT2D eigenvalue weighted by atomic mass is 9.93. The standard InChI is InChI=1S/C24H34N2O5/c1-14(2)13-16(25-22(30)31-23(3,4)5)21(29)26-24(6,7)20(28)18-17(19(18)27)15-11-9-8-10-12-15/h8-12,14,16,20,28H,13H2,1-7H3,(H,25,30)(H,26,29)/t16-,20?/m0/s1. The van der Waals surface area contributed by atoms with E-state index in [-0.39, 0.29) is 11.3 Å². The van der Waals surface area contributed by atoms with E-state index in [4.69, 9.17) is 4.74 Å². The Bertz CT molecular complexity index is 918. The molecule has 0 fully saturated rings. The molecule has 2 aromatic carbocycles. The SMILES string of the molecule is CC(C)C[C@H](NC(=O)OC(C)(C)C)C(=O)NC(C)(C)C(O)c1c(-c2ccccc2)c1=O. The molecule has 1 unspecified atom stereocenters. The molecule has 0 radical (unpaired) electrons. The fourth-order valence-corrected chi connectivity index (χ4v) is 3.32. The summed E-state index contributed by atoms with van der Waals surface area (Å²) in [5.41, 5.74) is -0.480. The Morgan fingerprint density at radius 2 is 1.65 bits per heavy atom. The predicted molar refractivity (Wildman–Crippen MR) is 120 cm³/mol. The van der Waals surface area contributed by atoms with Gasteiger partial charge in [0.2, 0.25) is 5.91 Å². The summed E-state index contributed by atoms with van der Waals surface area (Å²) in [6, 6.07) is 8.28. The highest BCUT2D eigenvalue weighted by Crippen LogP contribution is 2.35. The first-order valence-electron chi connectivity index (χ1n) is 10.6. The number of alkyl carbamates (subject to hydrolysis) is 1. The maximum Gasteiger partial charge on any atom is 0.408 e. The van der Waals surface area contributed by atoms with Crippen molar-refractivity contribution >= 4 is 12.0 Å². The fraction of sp³-hybridized carbons (Fsp3) is 0.542. The molecule has 0 saturated heterocycles. The molecule has 170 valence electrons. The maximum atomic E-state index is 13.0. The van der Waals surface area contributed by atoms with Crippen LogP contribution < -0.4 is 16.1 Å². The summed E-state index contributed by atoms with van der Waals surface area (Å²) >= 11 is 0. The van der Waals surface area contributed by atoms with Crippen LogP contribution in [0.15, 0.2) is 35.1 Å². The van der Waals surface area contributed by atoms with E-state index in [0.29, 0.717) is 17.5 Å². The summed E-state index contributed by atoms with van der Waals surface area (Å²) in [5.74, 6) is -0.310. The first-order valence-corrected chi connectivity index (χ1v) is 10.6. The molecule has 0 aliphatic heterocycles. The smallest absolute Gasteiger partial charge is 0.408 e. The summed E-state index contributed by atoms with van der Waals surface area (Å²) in [4.78, 5) is 37.5. The Kier molecular flexibility index (Phi) is 7.32. The second-order valence-electron chi connectivity index (χ2n) is 9.93. The summed E-state index contributed by atoms with van der Waals surface area (Å²) in [6.07, 6.45) is -1.47. The van der Waals surface area contributed by atoms with Gasteiger partial charge < -0.3 is 20.5 Å². The lowest BCUT2D eigenvalue weighted by Gasteiger charge is -2.32. The van der Waals surface area contributed by atoms with Crippen molar-refractivity contribution < 1.29 is 19.4 Å². The zero-order chi connectivity index (χ0) is 23.6. The highest BCUT2D eigenvalue weighted by Gasteiger charge is 2.41. The van der Waals surface area contributed by atoms with Gasteiger partial charge in [0.15, 0.2) is 5.43 Å². The number of carbonyl (C=O) groups is 2. The first kappa shape index (κ1) is 24.6. The summed E-state index contributed by atoms with van der Waals surface area (Å²) in [7, 11) is 0. The van der Waals surface area contributed by atoms with Crippen LogP contribution in [0.2, 0.25) is 0 Å². The van der Waals surface area contributed by atoms with E-state index in [1.165, 1.54) is 0 Å². The van der Waals surface area contributed by atoms with E-state index in [9.17, 15) is 19.5 Å². The topological polar surface area (TPSA) is 105 Å². The van der Waals surface area contributed by atoms with Gasteiger partial charge in [-0.25, -0.2) is 4.79 Å². The molecule has 2 aromatic rings. The summed E-state index contributed by atoms with van der Waals surface area (Å²) < 4.78 is 5.27. The Morgan fingerprint density at radius 3 is 2.16 bits per heavy atom. The number of benzene rings is 1. The number of amides is 2. The predicted octanol–water partition coefficient (Wildman–Crippen LogP) is 3.46. The highest BCUT2D eigenvalue weighted by atomic mass is 16.6. The Morgan fingerprint density at radius 1 is 1.06 bits per heavy atom. The number of rotatable bonds is 8. The van der Waals surface area contributed by atoms with Crippen molar-refractivity contribution in [2.45, 2.75) is 78.2 Å². The van der Waals surface area contributed by atoms with Gasteiger partial charge in [-0.2, -0.15) is 0 Å². The van der Waals surface area contributed by atoms with Gasteiger partial charge in [-0.15, -0.1) is 0 Å². The van der Waals surface area contributed by atoms with Crippen LogP contribution in [0.4, 0.5) is 4.79 Å². The summed E-state index contributed by atoms with van der Waals surface area (Å²) in [5, 5.41) is 16.3. The first-order chi connectivity index (χ1) is 14.2. The molecule has 0 heterocycles. The normalized spacial score (nSPS) is 14.4. The van der Waals surface area contributed by atoms with Crippen LogP contribution in [0, 0.1) is 5.92 Å². The van der Waals surface area contributed by atoms with Gasteiger partial charge in [0, 0.05) is 11.1 Å². The van der Waals surface area contributed by atoms with Gasteiger partial charge in [-0.05, 0) is 52.5 Å². The molecule has 0 spiro atoms. The minimum atomic E-state index is -1.18. The largest absolute Gasteiger partial charge is 0.444 e. The number of nitrogens with one attached hydrogen (secondary N) is 2. The molecule has 2 amide bonds. The second kappa shape index (κ2) is 9.22. The lowest BCUT2D eigenvalue weighted by molar-refractivity contribution is -0.126. The molecule has 0 aliphatic carbocycles. The van der Waals surface area contributed by atoms with Gasteiger partial charge in [0.05, 0.1) is 5.54 Å². The van der Waals surface area contributed by atoms with Gasteiger partial charge in [-0.3, -0.25) is 9.59 Å². The van der Waals surface area contributed by atoms with Gasteiger partial charge in [-0.1, -0.05) is 44.2 Å². The number of carbonyl (C=O) groups excluding carboxylic acids is 2. The van der Waals surface area contributed by atoms with E-state index in [1.54, 1.807) is 34.6 Å². The van der Waals surface area contributed by atoms with E-state index in [1.807, 2.05) is 44.2 Å². The van der Waals surface area contributed by atoms with Gasteiger partial charge in [0.25, 0.3) is 0 Å². The van der Waals surface area contributed by atoms with Crippen LogP contribution in [-0.4, -0.2) is 34.3 Å². The van der Waals surface area contributed by atoms with E-state index < -0.39 is 35.3 Å². The molecule has 2 rings (SSSR count). The number of hydrogen-bond donors (Lipinski definition) is 3. The minimum absolute atomic E-state index is 0.135. The van der Waals surface area contributed by atoms with Gasteiger partial charge >= 0.3 is 6.09 Å². The average molecular weight is 431 g/mol. The zero-order valence-corrected chi connectivity index (χ0v) is 19.4. The third-order valence-corrected chi connectivity index (χ3v) is 4.86.